The van der Waals surface area contributed by atoms with Gasteiger partial charge in [0.25, 0.3) is 0 Å². The Balaban J connectivity index is 1.54. The molecule has 0 radical (unpaired) electrons. The largest absolute Gasteiger partial charge is 0.481 e. The smallest absolute Gasteiger partial charge is 0.316 e. The summed E-state index contributed by atoms with van der Waals surface area (Å²) in [7, 11) is -1.60. The molecule has 0 fully saturated rings. The maximum atomic E-state index is 13.5. The van der Waals surface area contributed by atoms with Crippen LogP contribution in [0.4, 0.5) is 5.69 Å². The summed E-state index contributed by atoms with van der Waals surface area (Å²) in [6, 6.07) is 26.3. The predicted molar refractivity (Wildman–Crippen MR) is 151 cm³/mol. The average Bonchev–Trinajstić information content (AvgIpc) is 2.91. The number of nitrogens with one attached hydrogen (secondary N) is 1. The van der Waals surface area contributed by atoms with E-state index in [2.05, 4.69) is 9.82 Å². The second-order valence-corrected chi connectivity index (χ2v) is 10.2. The number of hydrogen-bond acceptors (Lipinski definition) is 5. The first-order valence-electron chi connectivity index (χ1n) is 12.1. The Bertz CT molecular complexity index is 1380. The van der Waals surface area contributed by atoms with Crippen LogP contribution in [0.3, 0.4) is 0 Å². The lowest BCUT2D eigenvalue weighted by atomic mass is 10.2. The summed E-state index contributed by atoms with van der Waals surface area (Å²) in [5.41, 5.74) is 2.75. The van der Waals surface area contributed by atoms with E-state index in [9.17, 15) is 9.00 Å². The van der Waals surface area contributed by atoms with E-state index in [1.54, 1.807) is 12.3 Å². The van der Waals surface area contributed by atoms with Crippen molar-refractivity contribution in [1.82, 2.24) is 14.5 Å². The maximum Gasteiger partial charge on any atom is 0.316 e. The Morgan fingerprint density at radius 1 is 1.00 bits per heavy atom. The summed E-state index contributed by atoms with van der Waals surface area (Å²) in [5, 5.41) is 5.03. The summed E-state index contributed by atoms with van der Waals surface area (Å²) in [4.78, 5) is 15.5. The molecule has 1 unspecified atom stereocenters. The lowest BCUT2D eigenvalue weighted by Crippen LogP contribution is -2.35. The molecule has 37 heavy (non-hydrogen) atoms. The zero-order chi connectivity index (χ0) is 26.0. The highest BCUT2D eigenvalue weighted by Crippen LogP contribution is 2.25. The Hall–Kier alpha value is -3.46. The van der Waals surface area contributed by atoms with Crippen molar-refractivity contribution >= 4 is 28.3 Å². The van der Waals surface area contributed by atoms with Crippen molar-refractivity contribution in [2.24, 2.45) is 0 Å². The van der Waals surface area contributed by atoms with E-state index in [0.717, 1.165) is 11.1 Å². The van der Waals surface area contributed by atoms with Gasteiger partial charge in [0.2, 0.25) is 5.75 Å². The third-order valence-electron chi connectivity index (χ3n) is 5.75. The van der Waals surface area contributed by atoms with Crippen LogP contribution < -0.4 is 19.9 Å². The van der Waals surface area contributed by atoms with E-state index < -0.39 is 11.0 Å². The highest BCUT2D eigenvalue weighted by molar-refractivity contribution is 7.82. The number of aromatic nitrogens is 2. The van der Waals surface area contributed by atoms with Gasteiger partial charge in [0.1, 0.15) is 23.3 Å². The molecule has 0 aliphatic heterocycles. The first kappa shape index (κ1) is 26.6. The van der Waals surface area contributed by atoms with E-state index in [1.165, 1.54) is 4.68 Å². The fourth-order valence-electron chi connectivity index (χ4n) is 3.89. The van der Waals surface area contributed by atoms with Crippen LogP contribution in [0.25, 0.3) is 5.69 Å². The molecule has 1 heterocycles. The molecule has 0 spiro atoms. The summed E-state index contributed by atoms with van der Waals surface area (Å²) >= 11 is 6.13. The van der Waals surface area contributed by atoms with E-state index in [4.69, 9.17) is 16.3 Å². The van der Waals surface area contributed by atoms with Gasteiger partial charge in [-0.05, 0) is 36.8 Å². The summed E-state index contributed by atoms with van der Waals surface area (Å²) in [6.45, 7) is 3.79. The molecule has 7 nitrogen and oxygen atoms in total. The van der Waals surface area contributed by atoms with Crippen molar-refractivity contribution in [1.29, 1.82) is 0 Å². The van der Waals surface area contributed by atoms with Gasteiger partial charge in [-0.1, -0.05) is 76.5 Å². The van der Waals surface area contributed by atoms with E-state index in [-0.39, 0.29) is 17.9 Å². The summed E-state index contributed by atoms with van der Waals surface area (Å²) in [6.07, 6.45) is 1.65. The van der Waals surface area contributed by atoms with Crippen LogP contribution in [0.2, 0.25) is 5.02 Å². The van der Waals surface area contributed by atoms with Crippen molar-refractivity contribution in [2.75, 3.05) is 24.5 Å². The molecule has 1 N–H and O–H groups in total. The number of hydrogen-bond donors (Lipinski definition) is 1. The zero-order valence-corrected chi connectivity index (χ0v) is 22.2. The number of anilines is 1. The summed E-state index contributed by atoms with van der Waals surface area (Å²) in [5.74, 6) is 0.666. The molecule has 1 atom stereocenters. The molecule has 0 amide bonds. The Kier molecular flexibility index (Phi) is 9.48. The molecule has 0 bridgehead atoms. The minimum Gasteiger partial charge on any atom is -0.481 e. The van der Waals surface area contributed by atoms with Crippen LogP contribution in [-0.4, -0.2) is 29.4 Å². The first-order chi connectivity index (χ1) is 18.0. The molecular weight excluding hydrogens is 508 g/mol. The van der Waals surface area contributed by atoms with Crippen molar-refractivity contribution in [3.63, 3.8) is 0 Å². The summed E-state index contributed by atoms with van der Waals surface area (Å²) < 4.78 is 23.1. The lowest BCUT2D eigenvalue weighted by molar-refractivity contribution is 0.299. The third-order valence-corrected chi connectivity index (χ3v) is 7.21. The fraction of sp³-hybridized carbons (Fsp3) is 0.214. The van der Waals surface area contributed by atoms with Crippen molar-refractivity contribution in [3.05, 3.63) is 118 Å². The highest BCUT2D eigenvalue weighted by Gasteiger charge is 2.19. The maximum absolute atomic E-state index is 13.5. The number of thiol groups is 1. The van der Waals surface area contributed by atoms with Gasteiger partial charge < -0.3 is 9.64 Å². The van der Waals surface area contributed by atoms with Gasteiger partial charge in [0.05, 0.1) is 18.4 Å². The van der Waals surface area contributed by atoms with Crippen molar-refractivity contribution in [3.8, 4) is 11.4 Å². The van der Waals surface area contributed by atoms with Crippen molar-refractivity contribution in [2.45, 2.75) is 19.3 Å². The van der Waals surface area contributed by atoms with Gasteiger partial charge in [0, 0.05) is 23.7 Å². The van der Waals surface area contributed by atoms with E-state index in [1.807, 2.05) is 90.7 Å². The molecule has 4 rings (SSSR count). The first-order valence-corrected chi connectivity index (χ1v) is 13.9. The zero-order valence-electron chi connectivity index (χ0n) is 20.6. The normalized spacial score (nSPS) is 11.7. The van der Waals surface area contributed by atoms with Gasteiger partial charge in [-0.3, -0.25) is 4.79 Å². The van der Waals surface area contributed by atoms with Gasteiger partial charge in [-0.2, -0.15) is 9.78 Å². The highest BCUT2D eigenvalue weighted by atomic mass is 35.5. The number of rotatable bonds is 12. The third kappa shape index (κ3) is 7.29. The number of benzene rings is 3. The fourth-order valence-corrected chi connectivity index (χ4v) is 5.11. The molecule has 4 aromatic rings. The van der Waals surface area contributed by atoms with Gasteiger partial charge in [-0.25, -0.2) is 0 Å². The van der Waals surface area contributed by atoms with Gasteiger partial charge >= 0.3 is 5.56 Å². The molecule has 0 aliphatic carbocycles. The Morgan fingerprint density at radius 2 is 1.70 bits per heavy atom. The molecule has 192 valence electrons. The number of likely N-dealkylation sites (N-methyl/N-ethyl adjacent to an activating group) is 1. The molecule has 0 saturated heterocycles. The Morgan fingerprint density at radius 3 is 2.41 bits per heavy atom. The number of halogens is 1. The minimum atomic E-state index is -1.60. The molecule has 3 aromatic carbocycles. The van der Waals surface area contributed by atoms with E-state index >= 15 is 0 Å². The van der Waals surface area contributed by atoms with Crippen LogP contribution in [0, 0.1) is 0 Å². The van der Waals surface area contributed by atoms with Gasteiger partial charge in [-0.15, -0.1) is 4.72 Å². The number of ether oxygens (including phenoxy) is 1. The SMILES string of the molecule is CCN(CCN[SH+](=O)Cc1ccccc1)c1cnn(-c2ccccc2)c(=O)c1OCc1cccc(Cl)c1. The monoisotopic (exact) mass is 537 g/mol. The van der Waals surface area contributed by atoms with Crippen LogP contribution in [0.15, 0.2) is 95.9 Å². The van der Waals surface area contributed by atoms with Gasteiger partial charge in [0.15, 0.2) is 5.75 Å². The molecule has 1 aromatic heterocycles. The topological polar surface area (TPSA) is 76.5 Å². The number of para-hydroxylation sites is 1. The van der Waals surface area contributed by atoms with Crippen LogP contribution in [0.1, 0.15) is 18.1 Å². The second-order valence-electron chi connectivity index (χ2n) is 8.34. The van der Waals surface area contributed by atoms with Crippen molar-refractivity contribution < 1.29 is 8.95 Å². The molecule has 0 aliphatic rings. The second kappa shape index (κ2) is 13.2. The molecule has 9 heteroatoms. The number of nitrogens with zero attached hydrogens (tertiary/aromatic N) is 3. The minimum absolute atomic E-state index is 0.181. The molecule has 0 saturated carbocycles. The predicted octanol–water partition coefficient (Wildman–Crippen LogP) is 4.69. The van der Waals surface area contributed by atoms with E-state index in [0.29, 0.717) is 41.8 Å². The van der Waals surface area contributed by atoms with Crippen LogP contribution in [-0.2, 0) is 27.6 Å². The Labute approximate surface area is 224 Å². The standard InChI is InChI=1S/C28H29ClN4O3S/c1-2-32(17-16-31-37(35)21-22-10-5-3-6-11-22)26-19-30-33(25-14-7-4-8-15-25)28(34)27(26)36-20-23-12-9-13-24(29)18-23/h3-15,18-19H,2,16-17,20-21H2,1H3,(H,31,35)/p+1. The average molecular weight is 538 g/mol. The van der Waals surface area contributed by atoms with Crippen LogP contribution in [0.5, 0.6) is 5.75 Å². The molecular formula is C28H30ClN4O3S+. The van der Waals surface area contributed by atoms with Crippen LogP contribution >= 0.6 is 11.6 Å². The quantitative estimate of drug-likeness (QED) is 0.209. The lowest BCUT2D eigenvalue weighted by Gasteiger charge is -2.25.